The number of aromatic amines is 2. The molecule has 24 heavy (non-hydrogen) atoms. The highest BCUT2D eigenvalue weighted by molar-refractivity contribution is 6.00. The monoisotopic (exact) mass is 327 g/mol. The van der Waals surface area contributed by atoms with Crippen LogP contribution < -0.4 is 15.6 Å². The number of aromatic nitrogens is 2. The van der Waals surface area contributed by atoms with Gasteiger partial charge in [-0.3, -0.25) is 19.8 Å². The van der Waals surface area contributed by atoms with Crippen molar-refractivity contribution in [3.05, 3.63) is 50.9 Å². The Labute approximate surface area is 137 Å². The van der Waals surface area contributed by atoms with Crippen LogP contribution in [0.3, 0.4) is 0 Å². The molecule has 0 saturated heterocycles. The van der Waals surface area contributed by atoms with E-state index in [1.807, 2.05) is 0 Å². The van der Waals surface area contributed by atoms with Crippen molar-refractivity contribution in [1.29, 1.82) is 0 Å². The van der Waals surface area contributed by atoms with Crippen LogP contribution in [0.1, 0.15) is 36.3 Å². The highest BCUT2D eigenvalue weighted by Crippen LogP contribution is 2.44. The van der Waals surface area contributed by atoms with Crippen molar-refractivity contribution >= 4 is 11.6 Å². The number of benzene rings is 1. The minimum Gasteiger partial charge on any atom is -0.504 e. The van der Waals surface area contributed by atoms with Gasteiger partial charge in [0.05, 0.1) is 12.7 Å². The van der Waals surface area contributed by atoms with Gasteiger partial charge in [-0.15, -0.1) is 0 Å². The number of methoxy groups -OCH3 is 1. The van der Waals surface area contributed by atoms with E-state index in [2.05, 4.69) is 15.5 Å². The maximum absolute atomic E-state index is 12.6. The Bertz CT molecular complexity index is 922. The van der Waals surface area contributed by atoms with Crippen molar-refractivity contribution in [2.75, 3.05) is 12.4 Å². The Morgan fingerprint density at radius 1 is 1.21 bits per heavy atom. The summed E-state index contributed by atoms with van der Waals surface area (Å²) in [5, 5.41) is 18.4. The van der Waals surface area contributed by atoms with Gasteiger partial charge in [-0.2, -0.15) is 0 Å². The normalized spacial score (nSPS) is 19.5. The average Bonchev–Trinajstić information content (AvgIpc) is 2.95. The van der Waals surface area contributed by atoms with Crippen LogP contribution in [0.2, 0.25) is 0 Å². The lowest BCUT2D eigenvalue weighted by molar-refractivity contribution is -0.116. The first kappa shape index (κ1) is 14.6. The van der Waals surface area contributed by atoms with E-state index in [1.165, 1.54) is 13.2 Å². The Kier molecular flexibility index (Phi) is 3.23. The molecule has 0 bridgehead atoms. The van der Waals surface area contributed by atoms with Gasteiger partial charge in [0.15, 0.2) is 17.3 Å². The fourth-order valence-electron chi connectivity index (χ4n) is 3.57. The summed E-state index contributed by atoms with van der Waals surface area (Å²) in [6.07, 6.45) is 2.03. The third kappa shape index (κ3) is 2.05. The summed E-state index contributed by atoms with van der Waals surface area (Å²) in [7, 11) is 1.46. The lowest BCUT2D eigenvalue weighted by Crippen LogP contribution is -2.29. The average molecular weight is 327 g/mol. The fraction of sp³-hybridized carbons (Fsp3) is 0.294. The molecular formula is C17H17N3O4. The third-order valence-corrected chi connectivity index (χ3v) is 4.66. The van der Waals surface area contributed by atoms with E-state index in [-0.39, 0.29) is 17.1 Å². The van der Waals surface area contributed by atoms with E-state index < -0.39 is 5.92 Å². The summed E-state index contributed by atoms with van der Waals surface area (Å²) in [6, 6.07) is 4.91. The van der Waals surface area contributed by atoms with Gasteiger partial charge < -0.3 is 15.2 Å². The number of anilines is 1. The molecule has 2 aliphatic rings. The van der Waals surface area contributed by atoms with Crippen LogP contribution in [0.4, 0.5) is 5.82 Å². The second kappa shape index (κ2) is 5.30. The number of ether oxygens (including phenoxy) is 1. The lowest BCUT2D eigenvalue weighted by Gasteiger charge is -2.31. The van der Waals surface area contributed by atoms with Crippen LogP contribution >= 0.6 is 0 Å². The molecule has 1 aromatic carbocycles. The third-order valence-electron chi connectivity index (χ3n) is 4.66. The quantitative estimate of drug-likeness (QED) is 0.675. The van der Waals surface area contributed by atoms with Crippen molar-refractivity contribution in [2.45, 2.75) is 25.2 Å². The molecular weight excluding hydrogens is 310 g/mol. The van der Waals surface area contributed by atoms with Crippen LogP contribution in [-0.2, 0) is 4.79 Å². The molecule has 1 aliphatic heterocycles. The first-order chi connectivity index (χ1) is 11.6. The number of rotatable bonds is 2. The number of Topliss-reactive ketones (excluding diaryl/α,β-unsaturated/α-hetero) is 1. The van der Waals surface area contributed by atoms with Crippen molar-refractivity contribution in [2.24, 2.45) is 0 Å². The smallest absolute Gasteiger partial charge is 0.270 e. The van der Waals surface area contributed by atoms with E-state index in [0.29, 0.717) is 29.1 Å². The fourth-order valence-corrected chi connectivity index (χ4v) is 3.57. The summed E-state index contributed by atoms with van der Waals surface area (Å²) in [5.41, 5.74) is 2.44. The number of H-pyrrole nitrogens is 2. The first-order valence-electron chi connectivity index (χ1n) is 7.81. The number of fused-ring (bicyclic) bond motifs is 1. The van der Waals surface area contributed by atoms with Gasteiger partial charge in [0.1, 0.15) is 5.82 Å². The van der Waals surface area contributed by atoms with Crippen molar-refractivity contribution in [3.8, 4) is 11.5 Å². The molecule has 0 spiro atoms. The molecule has 0 fully saturated rings. The lowest BCUT2D eigenvalue weighted by atomic mass is 9.77. The Morgan fingerprint density at radius 3 is 2.83 bits per heavy atom. The molecule has 7 nitrogen and oxygen atoms in total. The molecule has 2 aromatic rings. The summed E-state index contributed by atoms with van der Waals surface area (Å²) >= 11 is 0. The van der Waals surface area contributed by atoms with Crippen LogP contribution in [-0.4, -0.2) is 28.2 Å². The number of carbonyl (C=O) groups is 1. The standard InChI is InChI=1S/C17H17N3O4/c1-24-12-7-8(5-6-10(12)21)13-14-9(3-2-4-11(14)22)18-16-15(13)17(23)20-19-16/h5-7,13,21H,2-4H2,1H3,(H3,18,19,20,23)/t13-/m1/s1. The Hall–Kier alpha value is -2.96. The highest BCUT2D eigenvalue weighted by atomic mass is 16.5. The van der Waals surface area contributed by atoms with Crippen LogP contribution in [0, 0.1) is 0 Å². The number of hydrogen-bond acceptors (Lipinski definition) is 5. The zero-order valence-electron chi connectivity index (χ0n) is 13.1. The molecule has 1 aliphatic carbocycles. The molecule has 0 radical (unpaired) electrons. The number of ketones is 1. The SMILES string of the molecule is COc1cc([C@@H]2C3=C(CCCC3=O)Nc3[nH][nH]c(=O)c32)ccc1O. The van der Waals surface area contributed by atoms with Gasteiger partial charge in [-0.05, 0) is 30.5 Å². The molecule has 7 heteroatoms. The second-order valence-electron chi connectivity index (χ2n) is 6.03. The number of phenolic OH excluding ortho intramolecular Hbond substituents is 1. The van der Waals surface area contributed by atoms with Crippen LogP contribution in [0.5, 0.6) is 11.5 Å². The summed E-state index contributed by atoms with van der Waals surface area (Å²) < 4.78 is 5.18. The summed E-state index contributed by atoms with van der Waals surface area (Å²) in [4.78, 5) is 24.9. The Balaban J connectivity index is 1.96. The van der Waals surface area contributed by atoms with Crippen LogP contribution in [0.25, 0.3) is 0 Å². The molecule has 0 saturated carbocycles. The van der Waals surface area contributed by atoms with E-state index in [4.69, 9.17) is 4.74 Å². The maximum atomic E-state index is 12.6. The predicted molar refractivity (Wildman–Crippen MR) is 87.4 cm³/mol. The molecule has 0 unspecified atom stereocenters. The molecule has 2 heterocycles. The zero-order chi connectivity index (χ0) is 16.8. The second-order valence-corrected chi connectivity index (χ2v) is 6.03. The number of allylic oxidation sites excluding steroid dienone is 2. The maximum Gasteiger partial charge on any atom is 0.270 e. The van der Waals surface area contributed by atoms with E-state index >= 15 is 0 Å². The molecule has 4 rings (SSSR count). The number of aromatic hydroxyl groups is 1. The number of carbonyl (C=O) groups excluding carboxylic acids is 1. The molecule has 124 valence electrons. The molecule has 1 atom stereocenters. The molecule has 1 aromatic heterocycles. The van der Waals surface area contributed by atoms with Crippen molar-refractivity contribution in [3.63, 3.8) is 0 Å². The van der Waals surface area contributed by atoms with E-state index in [0.717, 1.165) is 24.1 Å². The van der Waals surface area contributed by atoms with Gasteiger partial charge in [0.2, 0.25) is 0 Å². The topological polar surface area (TPSA) is 107 Å². The van der Waals surface area contributed by atoms with Crippen molar-refractivity contribution < 1.29 is 14.6 Å². The van der Waals surface area contributed by atoms with E-state index in [1.54, 1.807) is 12.1 Å². The van der Waals surface area contributed by atoms with Gasteiger partial charge in [-0.25, -0.2) is 0 Å². The number of hydrogen-bond donors (Lipinski definition) is 4. The molecule has 4 N–H and O–H groups in total. The molecule has 0 amide bonds. The first-order valence-corrected chi connectivity index (χ1v) is 7.81. The predicted octanol–water partition coefficient (Wildman–Crippen LogP) is 1.98. The summed E-state index contributed by atoms with van der Waals surface area (Å²) in [5.74, 6) is 0.485. The van der Waals surface area contributed by atoms with E-state index in [9.17, 15) is 14.7 Å². The van der Waals surface area contributed by atoms with Gasteiger partial charge in [0.25, 0.3) is 5.56 Å². The van der Waals surface area contributed by atoms with Gasteiger partial charge in [0, 0.05) is 23.6 Å². The highest BCUT2D eigenvalue weighted by Gasteiger charge is 2.37. The minimum absolute atomic E-state index is 0.0163. The number of nitrogens with one attached hydrogen (secondary N) is 3. The van der Waals surface area contributed by atoms with Crippen LogP contribution in [0.15, 0.2) is 34.3 Å². The minimum atomic E-state index is -0.478. The summed E-state index contributed by atoms with van der Waals surface area (Å²) in [6.45, 7) is 0. The largest absolute Gasteiger partial charge is 0.504 e. The number of phenols is 1. The van der Waals surface area contributed by atoms with Gasteiger partial charge >= 0.3 is 0 Å². The van der Waals surface area contributed by atoms with Gasteiger partial charge in [-0.1, -0.05) is 6.07 Å². The zero-order valence-corrected chi connectivity index (χ0v) is 13.1. The Morgan fingerprint density at radius 2 is 2.04 bits per heavy atom. The van der Waals surface area contributed by atoms with Crippen molar-refractivity contribution in [1.82, 2.24) is 10.2 Å².